The highest BCUT2D eigenvalue weighted by Gasteiger charge is 2.48. The van der Waals surface area contributed by atoms with Gasteiger partial charge in [-0.1, -0.05) is 47.5 Å². The van der Waals surface area contributed by atoms with Gasteiger partial charge in [0.05, 0.1) is 0 Å². The highest BCUT2D eigenvalue weighted by molar-refractivity contribution is 4.96. The van der Waals surface area contributed by atoms with Gasteiger partial charge in [0, 0.05) is 0 Å². The zero-order chi connectivity index (χ0) is 9.30. The molecule has 5 unspecified atom stereocenters. The fourth-order valence-electron chi connectivity index (χ4n) is 2.84. The lowest BCUT2D eigenvalue weighted by Gasteiger charge is -2.18. The fraction of sp³-hybridized carbons (Fsp3) is 1.00. The van der Waals surface area contributed by atoms with Crippen LogP contribution in [-0.2, 0) is 0 Å². The summed E-state index contributed by atoms with van der Waals surface area (Å²) in [4.78, 5) is 0. The van der Waals surface area contributed by atoms with Crippen molar-refractivity contribution in [1.82, 2.24) is 0 Å². The smallest absolute Gasteiger partial charge is 0.0326 e. The second-order valence-corrected chi connectivity index (χ2v) is 4.75. The topological polar surface area (TPSA) is 0 Å². The maximum Gasteiger partial charge on any atom is -0.0326 e. The SMILES string of the molecule is CCC(C)C(C)C1C(C)C1CC. The van der Waals surface area contributed by atoms with E-state index in [1.807, 2.05) is 0 Å². The summed E-state index contributed by atoms with van der Waals surface area (Å²) in [7, 11) is 0. The van der Waals surface area contributed by atoms with Gasteiger partial charge in [0.1, 0.15) is 0 Å². The zero-order valence-electron chi connectivity index (χ0n) is 9.30. The van der Waals surface area contributed by atoms with Gasteiger partial charge in [-0.2, -0.15) is 0 Å². The molecule has 0 aromatic carbocycles. The van der Waals surface area contributed by atoms with E-state index < -0.39 is 0 Å². The van der Waals surface area contributed by atoms with E-state index in [4.69, 9.17) is 0 Å². The summed E-state index contributed by atoms with van der Waals surface area (Å²) < 4.78 is 0. The van der Waals surface area contributed by atoms with Crippen molar-refractivity contribution in [1.29, 1.82) is 0 Å². The van der Waals surface area contributed by atoms with Crippen molar-refractivity contribution >= 4 is 0 Å². The first-order chi connectivity index (χ1) is 5.63. The molecule has 0 amide bonds. The Bertz CT molecular complexity index is 133. The van der Waals surface area contributed by atoms with Gasteiger partial charge in [0.15, 0.2) is 0 Å². The molecule has 0 heteroatoms. The molecule has 0 aliphatic heterocycles. The van der Waals surface area contributed by atoms with Crippen LogP contribution in [0.2, 0.25) is 0 Å². The molecule has 0 nitrogen and oxygen atoms in total. The standard InChI is InChI=1S/C12H24/c1-6-8(3)9(4)12-10(5)11(12)7-2/h8-12H,6-7H2,1-5H3. The van der Waals surface area contributed by atoms with Crippen molar-refractivity contribution in [2.45, 2.75) is 47.5 Å². The first kappa shape index (κ1) is 10.1. The van der Waals surface area contributed by atoms with E-state index in [-0.39, 0.29) is 0 Å². The Hall–Kier alpha value is 0. The van der Waals surface area contributed by atoms with Crippen LogP contribution in [-0.4, -0.2) is 0 Å². The van der Waals surface area contributed by atoms with Gasteiger partial charge in [0.25, 0.3) is 0 Å². The normalized spacial score (nSPS) is 39.2. The van der Waals surface area contributed by atoms with Crippen LogP contribution < -0.4 is 0 Å². The summed E-state index contributed by atoms with van der Waals surface area (Å²) in [6.07, 6.45) is 2.74. The van der Waals surface area contributed by atoms with Gasteiger partial charge in [-0.25, -0.2) is 0 Å². The molecule has 0 spiro atoms. The van der Waals surface area contributed by atoms with Crippen LogP contribution >= 0.6 is 0 Å². The lowest BCUT2D eigenvalue weighted by Crippen LogP contribution is -2.10. The largest absolute Gasteiger partial charge is 0.0651 e. The summed E-state index contributed by atoms with van der Waals surface area (Å²) in [5, 5.41) is 0. The Kier molecular flexibility index (Phi) is 3.20. The van der Waals surface area contributed by atoms with E-state index >= 15 is 0 Å². The second kappa shape index (κ2) is 3.81. The first-order valence-electron chi connectivity index (χ1n) is 5.63. The monoisotopic (exact) mass is 168 g/mol. The van der Waals surface area contributed by atoms with Gasteiger partial charge in [0.2, 0.25) is 0 Å². The third-order valence-electron chi connectivity index (χ3n) is 4.26. The van der Waals surface area contributed by atoms with Gasteiger partial charge < -0.3 is 0 Å². The van der Waals surface area contributed by atoms with Crippen LogP contribution in [0.1, 0.15) is 47.5 Å². The highest BCUT2D eigenvalue weighted by atomic mass is 14.5. The minimum absolute atomic E-state index is 0.925. The van der Waals surface area contributed by atoms with Crippen LogP contribution in [0.25, 0.3) is 0 Å². The Morgan fingerprint density at radius 3 is 2.08 bits per heavy atom. The lowest BCUT2D eigenvalue weighted by atomic mass is 9.88. The third kappa shape index (κ3) is 1.67. The average Bonchev–Trinajstić information content (AvgIpc) is 2.73. The molecule has 5 atom stereocenters. The van der Waals surface area contributed by atoms with E-state index in [1.165, 1.54) is 12.8 Å². The molecular formula is C12H24. The van der Waals surface area contributed by atoms with Crippen molar-refractivity contribution in [2.24, 2.45) is 29.6 Å². The van der Waals surface area contributed by atoms with Crippen molar-refractivity contribution in [3.63, 3.8) is 0 Å². The third-order valence-corrected chi connectivity index (χ3v) is 4.26. The molecule has 0 radical (unpaired) electrons. The number of rotatable bonds is 4. The summed E-state index contributed by atoms with van der Waals surface area (Å²) >= 11 is 0. The van der Waals surface area contributed by atoms with E-state index in [0.29, 0.717) is 0 Å². The molecule has 0 bridgehead atoms. The molecular weight excluding hydrogens is 144 g/mol. The van der Waals surface area contributed by atoms with Crippen molar-refractivity contribution < 1.29 is 0 Å². The molecule has 0 N–H and O–H groups in total. The minimum Gasteiger partial charge on any atom is -0.0651 e. The van der Waals surface area contributed by atoms with Crippen molar-refractivity contribution in [2.75, 3.05) is 0 Å². The first-order valence-corrected chi connectivity index (χ1v) is 5.63. The molecule has 12 heavy (non-hydrogen) atoms. The lowest BCUT2D eigenvalue weighted by molar-refractivity contribution is 0.315. The fourth-order valence-corrected chi connectivity index (χ4v) is 2.84. The zero-order valence-corrected chi connectivity index (χ0v) is 9.30. The summed E-state index contributed by atoms with van der Waals surface area (Å²) in [6.45, 7) is 11.9. The quantitative estimate of drug-likeness (QED) is 0.596. The minimum atomic E-state index is 0.925. The molecule has 0 aromatic heterocycles. The van der Waals surface area contributed by atoms with Crippen LogP contribution in [0.5, 0.6) is 0 Å². The highest BCUT2D eigenvalue weighted by Crippen LogP contribution is 2.54. The van der Waals surface area contributed by atoms with Crippen molar-refractivity contribution in [3.05, 3.63) is 0 Å². The Balaban J connectivity index is 2.40. The van der Waals surface area contributed by atoms with Gasteiger partial charge in [-0.05, 0) is 29.6 Å². The van der Waals surface area contributed by atoms with Crippen LogP contribution in [0, 0.1) is 29.6 Å². The Morgan fingerprint density at radius 2 is 1.75 bits per heavy atom. The Morgan fingerprint density at radius 1 is 1.17 bits per heavy atom. The van der Waals surface area contributed by atoms with Crippen LogP contribution in [0.15, 0.2) is 0 Å². The van der Waals surface area contributed by atoms with E-state index in [0.717, 1.165) is 29.6 Å². The molecule has 1 aliphatic carbocycles. The molecule has 0 heterocycles. The Labute approximate surface area is 77.7 Å². The average molecular weight is 168 g/mol. The van der Waals surface area contributed by atoms with E-state index in [9.17, 15) is 0 Å². The van der Waals surface area contributed by atoms with Gasteiger partial charge in [-0.15, -0.1) is 0 Å². The molecule has 0 saturated heterocycles. The van der Waals surface area contributed by atoms with E-state index in [2.05, 4.69) is 34.6 Å². The molecule has 1 aliphatic rings. The maximum atomic E-state index is 2.45. The predicted molar refractivity (Wildman–Crippen MR) is 55.1 cm³/mol. The van der Waals surface area contributed by atoms with Crippen molar-refractivity contribution in [3.8, 4) is 0 Å². The van der Waals surface area contributed by atoms with Crippen LogP contribution in [0.3, 0.4) is 0 Å². The van der Waals surface area contributed by atoms with Gasteiger partial charge in [-0.3, -0.25) is 0 Å². The number of hydrogen-bond acceptors (Lipinski definition) is 0. The molecule has 0 aromatic rings. The van der Waals surface area contributed by atoms with Crippen LogP contribution in [0.4, 0.5) is 0 Å². The summed E-state index contributed by atoms with van der Waals surface area (Å²) in [5.41, 5.74) is 0. The van der Waals surface area contributed by atoms with E-state index in [1.54, 1.807) is 0 Å². The molecule has 1 fully saturated rings. The predicted octanol–water partition coefficient (Wildman–Crippen LogP) is 3.96. The molecule has 72 valence electrons. The van der Waals surface area contributed by atoms with Gasteiger partial charge >= 0.3 is 0 Å². The maximum absolute atomic E-state index is 2.45. The second-order valence-electron chi connectivity index (χ2n) is 4.75. The number of hydrogen-bond donors (Lipinski definition) is 0. The molecule has 1 rings (SSSR count). The molecule has 1 saturated carbocycles. The summed E-state index contributed by atoms with van der Waals surface area (Å²) in [6, 6.07) is 0. The summed E-state index contributed by atoms with van der Waals surface area (Å²) in [5.74, 6) is 4.99.